The number of nitrogens with zero attached hydrogens (tertiary/aromatic N) is 2. The highest BCUT2D eigenvalue weighted by atomic mass is 19.1. The lowest BCUT2D eigenvalue weighted by Gasteiger charge is -2.16. The first-order valence-corrected chi connectivity index (χ1v) is 13.6. The number of benzene rings is 3. The molecule has 1 unspecified atom stereocenters. The molecule has 2 N–H and O–H groups in total. The van der Waals surface area contributed by atoms with Crippen LogP contribution in [0, 0.1) is 11.2 Å². The van der Waals surface area contributed by atoms with Crippen LogP contribution in [-0.2, 0) is 14.4 Å². The minimum absolute atomic E-state index is 0.104. The molecule has 0 radical (unpaired) electrons. The van der Waals surface area contributed by atoms with E-state index >= 15 is 0 Å². The van der Waals surface area contributed by atoms with E-state index < -0.39 is 17.1 Å². The lowest BCUT2D eigenvalue weighted by Crippen LogP contribution is -2.35. The Hall–Kier alpha value is -4.79. The van der Waals surface area contributed by atoms with Crippen molar-refractivity contribution in [2.75, 3.05) is 23.7 Å². The first-order chi connectivity index (χ1) is 19.8. The summed E-state index contributed by atoms with van der Waals surface area (Å²) >= 11 is 0. The average Bonchev–Trinajstić information content (AvgIpc) is 3.64. The fraction of sp³-hybridized carbons (Fsp3) is 0.250. The normalized spacial score (nSPS) is 17.2. The summed E-state index contributed by atoms with van der Waals surface area (Å²) in [6, 6.07) is 20.3. The van der Waals surface area contributed by atoms with Crippen molar-refractivity contribution in [2.24, 2.45) is 5.41 Å². The molecule has 9 heteroatoms. The van der Waals surface area contributed by atoms with Gasteiger partial charge in [0.1, 0.15) is 22.7 Å². The third kappa shape index (κ3) is 5.48. The van der Waals surface area contributed by atoms with Crippen LogP contribution in [0.2, 0.25) is 0 Å². The second-order valence-electron chi connectivity index (χ2n) is 10.7. The molecule has 1 aromatic heterocycles. The topological polar surface area (TPSA) is 101 Å². The number of hydrogen-bond donors (Lipinski definition) is 2. The van der Waals surface area contributed by atoms with Crippen molar-refractivity contribution < 1.29 is 23.5 Å². The largest absolute Gasteiger partial charge is 0.457 e. The number of halogens is 1. The minimum Gasteiger partial charge on any atom is -0.457 e. The van der Waals surface area contributed by atoms with Gasteiger partial charge in [-0.2, -0.15) is 0 Å². The van der Waals surface area contributed by atoms with Crippen LogP contribution < -0.4 is 15.4 Å². The van der Waals surface area contributed by atoms with Gasteiger partial charge >= 0.3 is 0 Å². The summed E-state index contributed by atoms with van der Waals surface area (Å²) in [5.74, 6) is 0.456. The van der Waals surface area contributed by atoms with Gasteiger partial charge in [0.05, 0.1) is 5.52 Å². The molecular weight excluding hydrogens is 523 g/mol. The molecule has 0 bridgehead atoms. The van der Waals surface area contributed by atoms with Gasteiger partial charge in [-0.25, -0.2) is 4.39 Å². The molecule has 3 aromatic carbocycles. The summed E-state index contributed by atoms with van der Waals surface area (Å²) in [5, 5.41) is 6.42. The van der Waals surface area contributed by atoms with E-state index in [4.69, 9.17) is 4.74 Å². The Morgan fingerprint density at radius 2 is 1.59 bits per heavy atom. The standard InChI is InChI=1S/C32H29FN4O4/c1-20(38)37-17-13-22(19-37)21-2-11-27-28(18-21)34-16-12-29(27)41-26-9-7-25(8-10-26)36-31(40)32(14-15-32)30(39)35-24-5-3-23(33)4-6-24/h2-12,16,18,22H,13-15,17,19H2,1H3,(H,35,39)(H,36,40). The highest BCUT2D eigenvalue weighted by Crippen LogP contribution is 2.47. The average molecular weight is 553 g/mol. The third-order valence-corrected chi connectivity index (χ3v) is 7.89. The molecule has 8 nitrogen and oxygen atoms in total. The van der Waals surface area contributed by atoms with Crippen LogP contribution >= 0.6 is 0 Å². The van der Waals surface area contributed by atoms with Gasteiger partial charge in [-0.1, -0.05) is 6.07 Å². The van der Waals surface area contributed by atoms with Crippen molar-refractivity contribution >= 4 is 40.0 Å². The Morgan fingerprint density at radius 3 is 2.20 bits per heavy atom. The van der Waals surface area contributed by atoms with Gasteiger partial charge in [0.2, 0.25) is 17.7 Å². The number of nitrogens with one attached hydrogen (secondary N) is 2. The summed E-state index contributed by atoms with van der Waals surface area (Å²) in [6.45, 7) is 3.10. The molecule has 4 aromatic rings. The SMILES string of the molecule is CC(=O)N1CCC(c2ccc3c(Oc4ccc(NC(=O)C5(C(=O)Nc6ccc(F)cc6)CC5)cc4)ccnc3c2)C1. The minimum atomic E-state index is -1.14. The van der Waals surface area contributed by atoms with Gasteiger partial charge in [-0.3, -0.25) is 19.4 Å². The summed E-state index contributed by atoms with van der Waals surface area (Å²) in [6.07, 6.45) is 3.53. The van der Waals surface area contributed by atoms with E-state index in [2.05, 4.69) is 27.8 Å². The van der Waals surface area contributed by atoms with E-state index in [1.165, 1.54) is 24.3 Å². The van der Waals surface area contributed by atoms with E-state index in [1.54, 1.807) is 43.5 Å². The quantitative estimate of drug-likeness (QED) is 0.280. The van der Waals surface area contributed by atoms with Crippen molar-refractivity contribution in [1.82, 2.24) is 9.88 Å². The number of hydrogen-bond acceptors (Lipinski definition) is 5. The Kier molecular flexibility index (Phi) is 6.86. The van der Waals surface area contributed by atoms with E-state index in [0.29, 0.717) is 41.6 Å². The summed E-state index contributed by atoms with van der Waals surface area (Å²) in [5.41, 5.74) is 1.82. The van der Waals surface area contributed by atoms with Crippen LogP contribution in [0.4, 0.5) is 15.8 Å². The molecular formula is C32H29FN4O4. The van der Waals surface area contributed by atoms with E-state index in [0.717, 1.165) is 36.0 Å². The molecule has 2 heterocycles. The van der Waals surface area contributed by atoms with Gasteiger partial charge in [-0.05, 0) is 91.6 Å². The van der Waals surface area contributed by atoms with Gasteiger partial charge < -0.3 is 20.3 Å². The fourth-order valence-corrected chi connectivity index (χ4v) is 5.25. The second-order valence-corrected chi connectivity index (χ2v) is 10.7. The fourth-order valence-electron chi connectivity index (χ4n) is 5.25. The molecule has 41 heavy (non-hydrogen) atoms. The number of ether oxygens (including phenoxy) is 1. The molecule has 1 aliphatic heterocycles. The number of carbonyl (C=O) groups is 3. The van der Waals surface area contributed by atoms with Gasteiger partial charge in [-0.15, -0.1) is 0 Å². The highest BCUT2D eigenvalue weighted by molar-refractivity contribution is 6.16. The molecule has 1 aliphatic carbocycles. The zero-order valence-electron chi connectivity index (χ0n) is 22.5. The summed E-state index contributed by atoms with van der Waals surface area (Å²) in [7, 11) is 0. The monoisotopic (exact) mass is 552 g/mol. The molecule has 0 spiro atoms. The molecule has 1 saturated heterocycles. The maximum atomic E-state index is 13.2. The molecule has 1 saturated carbocycles. The predicted molar refractivity (Wildman–Crippen MR) is 153 cm³/mol. The Balaban J connectivity index is 1.10. The second kappa shape index (κ2) is 10.6. The van der Waals surface area contributed by atoms with Crippen molar-refractivity contribution in [2.45, 2.75) is 32.1 Å². The predicted octanol–water partition coefficient (Wildman–Crippen LogP) is 5.86. The maximum absolute atomic E-state index is 13.2. The molecule has 2 fully saturated rings. The van der Waals surface area contributed by atoms with Gasteiger partial charge in [0, 0.05) is 48.9 Å². The number of rotatable bonds is 7. The van der Waals surface area contributed by atoms with Crippen molar-refractivity contribution in [3.63, 3.8) is 0 Å². The molecule has 6 rings (SSSR count). The first kappa shape index (κ1) is 26.4. The number of carbonyl (C=O) groups excluding carboxylic acids is 3. The van der Waals surface area contributed by atoms with Gasteiger partial charge in [0.25, 0.3) is 0 Å². The van der Waals surface area contributed by atoms with Crippen LogP contribution in [0.25, 0.3) is 10.9 Å². The molecule has 1 atom stereocenters. The molecule has 3 amide bonds. The van der Waals surface area contributed by atoms with Crippen molar-refractivity contribution in [1.29, 1.82) is 0 Å². The highest BCUT2D eigenvalue weighted by Gasteiger charge is 2.56. The Bertz CT molecular complexity index is 1630. The lowest BCUT2D eigenvalue weighted by atomic mass is 9.97. The van der Waals surface area contributed by atoms with Crippen LogP contribution in [0.15, 0.2) is 79.0 Å². The Labute approximate surface area is 236 Å². The molecule has 2 aliphatic rings. The zero-order chi connectivity index (χ0) is 28.6. The first-order valence-electron chi connectivity index (χ1n) is 13.6. The Morgan fingerprint density at radius 1 is 0.927 bits per heavy atom. The van der Waals surface area contributed by atoms with E-state index in [1.807, 2.05) is 11.0 Å². The number of anilines is 2. The number of fused-ring (bicyclic) bond motifs is 1. The van der Waals surface area contributed by atoms with E-state index in [-0.39, 0.29) is 11.8 Å². The van der Waals surface area contributed by atoms with Crippen LogP contribution in [0.1, 0.15) is 37.7 Å². The smallest absolute Gasteiger partial charge is 0.240 e. The summed E-state index contributed by atoms with van der Waals surface area (Å²) < 4.78 is 19.3. The van der Waals surface area contributed by atoms with E-state index in [9.17, 15) is 18.8 Å². The third-order valence-electron chi connectivity index (χ3n) is 7.89. The number of aromatic nitrogens is 1. The maximum Gasteiger partial charge on any atom is 0.240 e. The number of likely N-dealkylation sites (tertiary alicyclic amines) is 1. The zero-order valence-corrected chi connectivity index (χ0v) is 22.5. The molecule has 208 valence electrons. The van der Waals surface area contributed by atoms with Crippen molar-refractivity contribution in [3.8, 4) is 11.5 Å². The van der Waals surface area contributed by atoms with Crippen LogP contribution in [0.3, 0.4) is 0 Å². The number of pyridine rings is 1. The van der Waals surface area contributed by atoms with Crippen LogP contribution in [0.5, 0.6) is 11.5 Å². The lowest BCUT2D eigenvalue weighted by molar-refractivity contribution is -0.131. The summed E-state index contributed by atoms with van der Waals surface area (Å²) in [4.78, 5) is 43.9. The van der Waals surface area contributed by atoms with Crippen LogP contribution in [-0.4, -0.2) is 40.7 Å². The van der Waals surface area contributed by atoms with Crippen molar-refractivity contribution in [3.05, 3.63) is 90.4 Å². The number of amides is 3. The van der Waals surface area contributed by atoms with Gasteiger partial charge in [0.15, 0.2) is 0 Å².